The molecule has 1 aliphatic carbocycles. The number of nitrogens with zero attached hydrogens (tertiary/aromatic N) is 3. The normalized spacial score (nSPS) is 17.0. The van der Waals surface area contributed by atoms with Crippen molar-refractivity contribution in [2.24, 2.45) is 0 Å². The predicted molar refractivity (Wildman–Crippen MR) is 67.3 cm³/mol. The molecule has 0 aromatic carbocycles. The first-order valence-corrected chi connectivity index (χ1v) is 6.35. The van der Waals surface area contributed by atoms with Crippen molar-refractivity contribution in [3.8, 4) is 6.07 Å². The van der Waals surface area contributed by atoms with Gasteiger partial charge in [0.05, 0.1) is 0 Å². The van der Waals surface area contributed by atoms with Crippen LogP contribution >= 0.6 is 0 Å². The topological polar surface area (TPSA) is 39.9 Å². The van der Waals surface area contributed by atoms with Gasteiger partial charge in [0, 0.05) is 24.3 Å². The maximum Gasteiger partial charge on any atom is 0.144 e. The summed E-state index contributed by atoms with van der Waals surface area (Å²) in [5.74, 6) is 0. The standard InChI is InChI=1S/C14H19N3/c1-17(13-7-3-2-4-8-13)11-12-6-5-9-16-14(12)10-15/h5-6,9,13H,2-4,7-8,11H2,1H3. The first-order chi connectivity index (χ1) is 8.31. The molecule has 1 aromatic heterocycles. The predicted octanol–water partition coefficient (Wildman–Crippen LogP) is 2.72. The Bertz CT molecular complexity index is 402. The summed E-state index contributed by atoms with van der Waals surface area (Å²) in [6, 6.07) is 6.75. The summed E-state index contributed by atoms with van der Waals surface area (Å²) in [4.78, 5) is 6.48. The van der Waals surface area contributed by atoms with Crippen LogP contribution in [0.2, 0.25) is 0 Å². The maximum atomic E-state index is 9.01. The van der Waals surface area contributed by atoms with Crippen LogP contribution in [0.15, 0.2) is 18.3 Å². The molecular weight excluding hydrogens is 210 g/mol. The fourth-order valence-electron chi connectivity index (χ4n) is 2.59. The van der Waals surface area contributed by atoms with Gasteiger partial charge in [-0.25, -0.2) is 4.98 Å². The lowest BCUT2D eigenvalue weighted by atomic mass is 9.94. The quantitative estimate of drug-likeness (QED) is 0.800. The molecule has 0 N–H and O–H groups in total. The second kappa shape index (κ2) is 5.79. The minimum absolute atomic E-state index is 0.565. The van der Waals surface area contributed by atoms with Crippen molar-refractivity contribution in [2.75, 3.05) is 7.05 Å². The SMILES string of the molecule is CN(Cc1cccnc1C#N)C1CCCCC1. The highest BCUT2D eigenvalue weighted by Crippen LogP contribution is 2.23. The molecule has 90 valence electrons. The fourth-order valence-corrected chi connectivity index (χ4v) is 2.59. The average Bonchev–Trinajstić information content (AvgIpc) is 2.40. The molecule has 0 spiro atoms. The van der Waals surface area contributed by atoms with Crippen LogP contribution in [-0.4, -0.2) is 23.0 Å². The lowest BCUT2D eigenvalue weighted by Gasteiger charge is -2.31. The Morgan fingerprint density at radius 1 is 1.41 bits per heavy atom. The highest BCUT2D eigenvalue weighted by molar-refractivity contribution is 5.30. The molecule has 0 amide bonds. The summed E-state index contributed by atoms with van der Waals surface area (Å²) >= 11 is 0. The van der Waals surface area contributed by atoms with Gasteiger partial charge in [0.1, 0.15) is 11.8 Å². The Labute approximate surface area is 103 Å². The molecule has 0 saturated heterocycles. The van der Waals surface area contributed by atoms with Crippen LogP contribution in [0.5, 0.6) is 0 Å². The molecule has 1 saturated carbocycles. The number of pyridine rings is 1. The number of hydrogen-bond donors (Lipinski definition) is 0. The first kappa shape index (κ1) is 12.1. The number of nitriles is 1. The van der Waals surface area contributed by atoms with Crippen molar-refractivity contribution in [1.82, 2.24) is 9.88 Å². The van der Waals surface area contributed by atoms with E-state index in [-0.39, 0.29) is 0 Å². The molecule has 3 nitrogen and oxygen atoms in total. The van der Waals surface area contributed by atoms with Crippen LogP contribution in [0.1, 0.15) is 43.4 Å². The Balaban J connectivity index is 2.02. The smallest absolute Gasteiger partial charge is 0.144 e. The number of aromatic nitrogens is 1. The Morgan fingerprint density at radius 2 is 2.18 bits per heavy atom. The molecule has 17 heavy (non-hydrogen) atoms. The van der Waals surface area contributed by atoms with Gasteiger partial charge in [-0.3, -0.25) is 4.90 Å². The third-order valence-electron chi connectivity index (χ3n) is 3.61. The molecule has 1 aliphatic rings. The van der Waals surface area contributed by atoms with E-state index in [1.807, 2.05) is 12.1 Å². The molecule has 2 rings (SSSR count). The van der Waals surface area contributed by atoms with E-state index < -0.39 is 0 Å². The molecule has 0 unspecified atom stereocenters. The van der Waals surface area contributed by atoms with Gasteiger partial charge in [-0.05, 0) is 26.0 Å². The summed E-state index contributed by atoms with van der Waals surface area (Å²) in [6.45, 7) is 0.835. The molecule has 1 heterocycles. The Kier molecular flexibility index (Phi) is 4.11. The van der Waals surface area contributed by atoms with E-state index in [1.54, 1.807) is 6.20 Å². The van der Waals surface area contributed by atoms with Gasteiger partial charge < -0.3 is 0 Å². The first-order valence-electron chi connectivity index (χ1n) is 6.35. The Hall–Kier alpha value is -1.40. The fraction of sp³-hybridized carbons (Fsp3) is 0.571. The van der Waals surface area contributed by atoms with E-state index in [2.05, 4.69) is 23.0 Å². The van der Waals surface area contributed by atoms with E-state index in [1.165, 1.54) is 32.1 Å². The summed E-state index contributed by atoms with van der Waals surface area (Å²) in [6.07, 6.45) is 8.32. The van der Waals surface area contributed by atoms with Crippen molar-refractivity contribution < 1.29 is 0 Å². The second-order valence-corrected chi connectivity index (χ2v) is 4.83. The van der Waals surface area contributed by atoms with E-state index in [0.717, 1.165) is 12.1 Å². The van der Waals surface area contributed by atoms with Crippen LogP contribution in [0.4, 0.5) is 0 Å². The maximum absolute atomic E-state index is 9.01. The van der Waals surface area contributed by atoms with Crippen molar-refractivity contribution in [1.29, 1.82) is 5.26 Å². The second-order valence-electron chi connectivity index (χ2n) is 4.83. The van der Waals surface area contributed by atoms with Crippen LogP contribution in [0, 0.1) is 11.3 Å². The number of rotatable bonds is 3. The highest BCUT2D eigenvalue weighted by atomic mass is 15.1. The lowest BCUT2D eigenvalue weighted by molar-refractivity contribution is 0.184. The van der Waals surface area contributed by atoms with Crippen molar-refractivity contribution in [3.63, 3.8) is 0 Å². The van der Waals surface area contributed by atoms with Crippen LogP contribution in [0.3, 0.4) is 0 Å². The summed E-state index contributed by atoms with van der Waals surface area (Å²) in [5.41, 5.74) is 1.61. The van der Waals surface area contributed by atoms with Crippen molar-refractivity contribution in [2.45, 2.75) is 44.7 Å². The van der Waals surface area contributed by atoms with Gasteiger partial charge in [0.25, 0.3) is 0 Å². The van der Waals surface area contributed by atoms with E-state index >= 15 is 0 Å². The molecule has 1 fully saturated rings. The van der Waals surface area contributed by atoms with Crippen LogP contribution in [-0.2, 0) is 6.54 Å². The zero-order valence-electron chi connectivity index (χ0n) is 10.4. The van der Waals surface area contributed by atoms with Crippen LogP contribution in [0.25, 0.3) is 0 Å². The van der Waals surface area contributed by atoms with Gasteiger partial charge in [-0.2, -0.15) is 5.26 Å². The largest absolute Gasteiger partial charge is 0.299 e. The highest BCUT2D eigenvalue weighted by Gasteiger charge is 2.18. The van der Waals surface area contributed by atoms with Gasteiger partial charge in [-0.1, -0.05) is 25.3 Å². The van der Waals surface area contributed by atoms with Gasteiger partial charge >= 0.3 is 0 Å². The molecule has 3 heteroatoms. The minimum Gasteiger partial charge on any atom is -0.299 e. The van der Waals surface area contributed by atoms with Gasteiger partial charge in [0.2, 0.25) is 0 Å². The van der Waals surface area contributed by atoms with E-state index in [0.29, 0.717) is 11.7 Å². The monoisotopic (exact) mass is 229 g/mol. The Morgan fingerprint density at radius 3 is 2.88 bits per heavy atom. The lowest BCUT2D eigenvalue weighted by Crippen LogP contribution is -2.33. The van der Waals surface area contributed by atoms with Crippen molar-refractivity contribution >= 4 is 0 Å². The third kappa shape index (κ3) is 3.04. The minimum atomic E-state index is 0.565. The zero-order chi connectivity index (χ0) is 12.1. The van der Waals surface area contributed by atoms with E-state index in [4.69, 9.17) is 5.26 Å². The molecule has 0 radical (unpaired) electrons. The van der Waals surface area contributed by atoms with Gasteiger partial charge in [-0.15, -0.1) is 0 Å². The third-order valence-corrected chi connectivity index (χ3v) is 3.61. The number of hydrogen-bond acceptors (Lipinski definition) is 3. The summed E-state index contributed by atoms with van der Waals surface area (Å²) in [7, 11) is 2.16. The molecule has 0 atom stereocenters. The average molecular weight is 229 g/mol. The molecular formula is C14H19N3. The van der Waals surface area contributed by atoms with Crippen molar-refractivity contribution in [3.05, 3.63) is 29.6 Å². The molecule has 0 bridgehead atoms. The summed E-state index contributed by atoms with van der Waals surface area (Å²) in [5, 5.41) is 9.01. The summed E-state index contributed by atoms with van der Waals surface area (Å²) < 4.78 is 0. The van der Waals surface area contributed by atoms with Crippen LogP contribution < -0.4 is 0 Å². The van der Waals surface area contributed by atoms with E-state index in [9.17, 15) is 0 Å². The molecule has 0 aliphatic heterocycles. The van der Waals surface area contributed by atoms with Gasteiger partial charge in [0.15, 0.2) is 0 Å². The molecule has 1 aromatic rings. The zero-order valence-corrected chi connectivity index (χ0v) is 10.4.